The minimum atomic E-state index is -1.24. The number of unbranched alkanes of at least 4 members (excludes halogenated alkanes) is 1. The zero-order valence-corrected chi connectivity index (χ0v) is 20.5. The highest BCUT2D eigenvalue weighted by Crippen LogP contribution is 2.19. The van der Waals surface area contributed by atoms with Gasteiger partial charge in [0.25, 0.3) is 0 Å². The number of benzene rings is 1. The predicted molar refractivity (Wildman–Crippen MR) is 136 cm³/mol. The molecule has 12 heteroatoms. The molecule has 1 heterocycles. The molecule has 9 N–H and O–H groups in total. The van der Waals surface area contributed by atoms with Crippen LogP contribution in [0.15, 0.2) is 30.5 Å². The highest BCUT2D eigenvalue weighted by Gasteiger charge is 2.28. The van der Waals surface area contributed by atoms with E-state index in [4.69, 9.17) is 16.6 Å². The van der Waals surface area contributed by atoms with E-state index in [0.29, 0.717) is 19.4 Å². The number of aromatic amines is 1. The van der Waals surface area contributed by atoms with Crippen molar-refractivity contribution in [2.75, 3.05) is 12.3 Å². The largest absolute Gasteiger partial charge is 0.480 e. The van der Waals surface area contributed by atoms with E-state index in [2.05, 4.69) is 33.6 Å². The summed E-state index contributed by atoms with van der Waals surface area (Å²) in [6.07, 6.45) is 3.75. The second-order valence-corrected chi connectivity index (χ2v) is 8.69. The second-order valence-electron chi connectivity index (χ2n) is 8.33. The second kappa shape index (κ2) is 13.7. The van der Waals surface area contributed by atoms with Crippen LogP contribution in [0.4, 0.5) is 0 Å². The molecule has 1 aromatic heterocycles. The predicted octanol–water partition coefficient (Wildman–Crippen LogP) is -0.345. The Kier molecular flexibility index (Phi) is 11.0. The fourth-order valence-electron chi connectivity index (χ4n) is 3.51. The Morgan fingerprint density at radius 2 is 1.71 bits per heavy atom. The lowest BCUT2D eigenvalue weighted by molar-refractivity contribution is -0.141. The van der Waals surface area contributed by atoms with Gasteiger partial charge in [0.1, 0.15) is 18.1 Å². The van der Waals surface area contributed by atoms with E-state index in [-0.39, 0.29) is 12.2 Å². The Morgan fingerprint density at radius 3 is 2.37 bits per heavy atom. The first-order valence-corrected chi connectivity index (χ1v) is 12.1. The van der Waals surface area contributed by atoms with Crippen molar-refractivity contribution in [1.29, 1.82) is 0 Å². The Morgan fingerprint density at radius 1 is 1.03 bits per heavy atom. The van der Waals surface area contributed by atoms with Crippen LogP contribution in [0.5, 0.6) is 0 Å². The van der Waals surface area contributed by atoms with Crippen LogP contribution in [-0.2, 0) is 25.6 Å². The van der Waals surface area contributed by atoms with Crippen molar-refractivity contribution in [3.63, 3.8) is 0 Å². The lowest BCUT2D eigenvalue weighted by Gasteiger charge is -2.23. The van der Waals surface area contributed by atoms with Gasteiger partial charge in [-0.1, -0.05) is 24.6 Å². The van der Waals surface area contributed by atoms with Gasteiger partial charge in [0.2, 0.25) is 17.7 Å². The van der Waals surface area contributed by atoms with E-state index in [9.17, 15) is 19.2 Å². The minimum absolute atomic E-state index is 0.108. The van der Waals surface area contributed by atoms with E-state index in [1.54, 1.807) is 6.20 Å². The zero-order chi connectivity index (χ0) is 26.0. The number of nitrogens with one attached hydrogen (secondary N) is 4. The molecule has 0 aliphatic carbocycles. The Labute approximate surface area is 209 Å². The summed E-state index contributed by atoms with van der Waals surface area (Å²) in [5.41, 5.74) is 13.2. The molecule has 2 aromatic rings. The molecule has 192 valence electrons. The molecule has 1 aromatic carbocycles. The summed E-state index contributed by atoms with van der Waals surface area (Å²) in [7, 11) is 0. The fraction of sp³-hybridized carbons (Fsp3) is 0.478. The number of hydrogen-bond donors (Lipinski definition) is 8. The molecule has 0 aliphatic heterocycles. The molecule has 4 unspecified atom stereocenters. The molecule has 2 rings (SSSR count). The Hall–Kier alpha value is -3.09. The summed E-state index contributed by atoms with van der Waals surface area (Å²) in [4.78, 5) is 52.5. The van der Waals surface area contributed by atoms with Crippen molar-refractivity contribution in [2.45, 2.75) is 56.8 Å². The Balaban J connectivity index is 2.15. The molecule has 0 saturated carbocycles. The molecule has 0 saturated heterocycles. The van der Waals surface area contributed by atoms with Gasteiger partial charge in [0, 0.05) is 29.3 Å². The van der Waals surface area contributed by atoms with E-state index in [1.165, 1.54) is 6.92 Å². The van der Waals surface area contributed by atoms with Gasteiger partial charge in [-0.3, -0.25) is 14.4 Å². The van der Waals surface area contributed by atoms with E-state index in [0.717, 1.165) is 22.9 Å². The third-order valence-corrected chi connectivity index (χ3v) is 5.95. The quantitative estimate of drug-likeness (QED) is 0.127. The van der Waals surface area contributed by atoms with E-state index < -0.39 is 47.9 Å². The van der Waals surface area contributed by atoms with Crippen LogP contribution in [0.2, 0.25) is 0 Å². The summed E-state index contributed by atoms with van der Waals surface area (Å²) in [6, 6.07) is 3.47. The lowest BCUT2D eigenvalue weighted by Crippen LogP contribution is -2.57. The highest BCUT2D eigenvalue weighted by atomic mass is 32.1. The van der Waals surface area contributed by atoms with E-state index in [1.807, 2.05) is 24.3 Å². The molecular weight excluding hydrogens is 472 g/mol. The number of aromatic nitrogens is 1. The number of rotatable bonds is 14. The van der Waals surface area contributed by atoms with Crippen LogP contribution >= 0.6 is 12.6 Å². The molecule has 0 aliphatic rings. The average Bonchev–Trinajstić information content (AvgIpc) is 3.24. The minimum Gasteiger partial charge on any atom is -0.480 e. The van der Waals surface area contributed by atoms with Crippen LogP contribution in [0.1, 0.15) is 31.7 Å². The van der Waals surface area contributed by atoms with Gasteiger partial charge in [-0.15, -0.1) is 0 Å². The normalized spacial score (nSPS) is 14.5. The smallest absolute Gasteiger partial charge is 0.327 e. The van der Waals surface area contributed by atoms with Crippen LogP contribution in [0.25, 0.3) is 10.9 Å². The number of H-pyrrole nitrogens is 1. The number of nitrogens with two attached hydrogens (primary N) is 2. The van der Waals surface area contributed by atoms with Gasteiger partial charge in [-0.25, -0.2) is 4.79 Å². The van der Waals surface area contributed by atoms with Gasteiger partial charge in [-0.05, 0) is 37.9 Å². The van der Waals surface area contributed by atoms with Crippen molar-refractivity contribution in [3.8, 4) is 0 Å². The third-order valence-electron chi connectivity index (χ3n) is 5.59. The monoisotopic (exact) mass is 506 g/mol. The SMILES string of the molecule is CC(NC(=O)C(Cc1c[nH]c2ccccc12)NC(=O)C(N)CCCCN)C(=O)NC(CS)C(=O)O. The maximum absolute atomic E-state index is 13.1. The first kappa shape index (κ1) is 28.1. The number of carbonyl (C=O) groups excluding carboxylic acids is 3. The summed E-state index contributed by atoms with van der Waals surface area (Å²) < 4.78 is 0. The number of carboxylic acid groups (broad SMARTS) is 1. The maximum atomic E-state index is 13.1. The molecule has 35 heavy (non-hydrogen) atoms. The van der Waals surface area contributed by atoms with Gasteiger partial charge in [-0.2, -0.15) is 12.6 Å². The first-order valence-electron chi connectivity index (χ1n) is 11.4. The molecule has 0 fully saturated rings. The number of fused-ring (bicyclic) bond motifs is 1. The number of aliphatic carboxylic acids is 1. The molecule has 0 bridgehead atoms. The summed E-state index contributed by atoms with van der Waals surface area (Å²) in [5, 5.41) is 17.6. The summed E-state index contributed by atoms with van der Waals surface area (Å²) >= 11 is 3.91. The van der Waals surface area contributed by atoms with Gasteiger partial charge < -0.3 is 37.5 Å². The topological polar surface area (TPSA) is 192 Å². The first-order chi connectivity index (χ1) is 16.7. The summed E-state index contributed by atoms with van der Waals surface area (Å²) in [5.74, 6) is -3.11. The average molecular weight is 507 g/mol. The highest BCUT2D eigenvalue weighted by molar-refractivity contribution is 7.80. The van der Waals surface area contributed by atoms with Crippen molar-refractivity contribution in [2.24, 2.45) is 11.5 Å². The Bertz CT molecular complexity index is 1030. The van der Waals surface area contributed by atoms with Crippen molar-refractivity contribution in [3.05, 3.63) is 36.0 Å². The van der Waals surface area contributed by atoms with Crippen LogP contribution in [0.3, 0.4) is 0 Å². The third kappa shape index (κ3) is 8.26. The standard InChI is InChI=1S/C23H34N6O5S/c1-13(20(30)29-19(12-35)23(33)34)27-22(32)18(28-21(31)16(25)7-4-5-9-24)10-14-11-26-17-8-3-2-6-15(14)17/h2-3,6,8,11,13,16,18-19,26,35H,4-5,7,9-10,12,24-25H2,1H3,(H,27,32)(H,28,31)(H,29,30)(H,33,34). The van der Waals surface area contributed by atoms with E-state index >= 15 is 0 Å². The van der Waals surface area contributed by atoms with Crippen molar-refractivity contribution in [1.82, 2.24) is 20.9 Å². The van der Waals surface area contributed by atoms with Gasteiger partial charge in [0.15, 0.2) is 0 Å². The summed E-state index contributed by atoms with van der Waals surface area (Å²) in [6.45, 7) is 1.92. The van der Waals surface area contributed by atoms with Crippen molar-refractivity contribution >= 4 is 47.2 Å². The lowest BCUT2D eigenvalue weighted by atomic mass is 10.0. The molecular formula is C23H34N6O5S. The number of carbonyl (C=O) groups is 4. The number of thiol groups is 1. The maximum Gasteiger partial charge on any atom is 0.327 e. The van der Waals surface area contributed by atoms with Crippen LogP contribution in [-0.4, -0.2) is 70.2 Å². The van der Waals surface area contributed by atoms with Gasteiger partial charge >= 0.3 is 5.97 Å². The number of para-hydroxylation sites is 1. The molecule has 0 spiro atoms. The fourth-order valence-corrected chi connectivity index (χ4v) is 3.76. The number of amides is 3. The van der Waals surface area contributed by atoms with Crippen LogP contribution < -0.4 is 27.4 Å². The molecule has 4 atom stereocenters. The van der Waals surface area contributed by atoms with Crippen molar-refractivity contribution < 1.29 is 24.3 Å². The van der Waals surface area contributed by atoms with Gasteiger partial charge in [0.05, 0.1) is 6.04 Å². The number of hydrogen-bond acceptors (Lipinski definition) is 7. The van der Waals surface area contributed by atoms with Crippen LogP contribution in [0, 0.1) is 0 Å². The zero-order valence-electron chi connectivity index (χ0n) is 19.6. The molecule has 0 radical (unpaired) electrons. The number of carboxylic acids is 1. The molecule has 3 amide bonds. The molecule has 11 nitrogen and oxygen atoms in total.